The van der Waals surface area contributed by atoms with Crippen molar-refractivity contribution in [2.45, 2.75) is 44.8 Å². The van der Waals surface area contributed by atoms with Gasteiger partial charge in [-0.1, -0.05) is 0 Å². The second kappa shape index (κ2) is 5.68. The molecular formula is C15H20N2O6. The third-order valence-corrected chi connectivity index (χ3v) is 3.88. The van der Waals surface area contributed by atoms with Crippen LogP contribution in [0.1, 0.15) is 33.6 Å². The number of carbonyl (C=O) groups excluding carboxylic acids is 3. The van der Waals surface area contributed by atoms with Crippen LogP contribution in [0.3, 0.4) is 0 Å². The Balaban J connectivity index is 2.13. The van der Waals surface area contributed by atoms with Crippen molar-refractivity contribution in [3.8, 4) is 0 Å². The van der Waals surface area contributed by atoms with Gasteiger partial charge in [0.05, 0.1) is 0 Å². The van der Waals surface area contributed by atoms with Gasteiger partial charge in [-0.3, -0.25) is 14.5 Å². The SMILES string of the molecule is CC(C)(C)OC(=O)N1CCC(C(=O)O)(N2C(=O)C=CC2=O)CC1. The molecule has 0 aliphatic carbocycles. The quantitative estimate of drug-likeness (QED) is 0.752. The maximum atomic E-state index is 12.0. The largest absolute Gasteiger partial charge is 0.479 e. The Labute approximate surface area is 133 Å². The average Bonchev–Trinajstić information content (AvgIpc) is 2.76. The first-order chi connectivity index (χ1) is 10.6. The van der Waals surface area contributed by atoms with Gasteiger partial charge in [0.1, 0.15) is 5.60 Å². The van der Waals surface area contributed by atoms with Crippen molar-refractivity contribution in [2.24, 2.45) is 0 Å². The van der Waals surface area contributed by atoms with Gasteiger partial charge in [-0.2, -0.15) is 0 Å². The highest BCUT2D eigenvalue weighted by atomic mass is 16.6. The van der Waals surface area contributed by atoms with Crippen molar-refractivity contribution in [3.63, 3.8) is 0 Å². The molecule has 0 bridgehead atoms. The number of carboxylic acid groups (broad SMARTS) is 1. The number of carbonyl (C=O) groups is 4. The van der Waals surface area contributed by atoms with Gasteiger partial charge in [0.2, 0.25) is 0 Å². The zero-order valence-corrected chi connectivity index (χ0v) is 13.4. The summed E-state index contributed by atoms with van der Waals surface area (Å²) in [7, 11) is 0. The van der Waals surface area contributed by atoms with Crippen molar-refractivity contribution in [1.29, 1.82) is 0 Å². The zero-order chi connectivity index (χ0) is 17.4. The summed E-state index contributed by atoms with van der Waals surface area (Å²) >= 11 is 0. The molecule has 0 radical (unpaired) electrons. The van der Waals surface area contributed by atoms with Gasteiger partial charge in [-0.25, -0.2) is 9.59 Å². The molecule has 2 heterocycles. The predicted molar refractivity (Wildman–Crippen MR) is 78.4 cm³/mol. The van der Waals surface area contributed by atoms with E-state index in [1.807, 2.05) is 0 Å². The first-order valence-electron chi connectivity index (χ1n) is 7.34. The fourth-order valence-corrected chi connectivity index (χ4v) is 2.74. The van der Waals surface area contributed by atoms with Crippen LogP contribution in [0, 0.1) is 0 Å². The van der Waals surface area contributed by atoms with Crippen LogP contribution in [0.4, 0.5) is 4.79 Å². The van der Waals surface area contributed by atoms with Gasteiger partial charge < -0.3 is 14.7 Å². The van der Waals surface area contributed by atoms with Crippen molar-refractivity contribution < 1.29 is 29.0 Å². The van der Waals surface area contributed by atoms with E-state index in [-0.39, 0.29) is 25.9 Å². The van der Waals surface area contributed by atoms with E-state index < -0.39 is 35.0 Å². The number of rotatable bonds is 2. The van der Waals surface area contributed by atoms with Gasteiger partial charge in [-0.15, -0.1) is 0 Å². The van der Waals surface area contributed by atoms with Crippen molar-refractivity contribution >= 4 is 23.9 Å². The number of hydrogen-bond acceptors (Lipinski definition) is 5. The van der Waals surface area contributed by atoms with Crippen LogP contribution in [-0.4, -0.2) is 63.0 Å². The van der Waals surface area contributed by atoms with Crippen LogP contribution in [-0.2, 0) is 19.1 Å². The summed E-state index contributed by atoms with van der Waals surface area (Å²) in [5.41, 5.74) is -2.26. The highest BCUT2D eigenvalue weighted by Crippen LogP contribution is 2.32. The van der Waals surface area contributed by atoms with Crippen LogP contribution in [0.25, 0.3) is 0 Å². The molecule has 2 rings (SSSR count). The van der Waals surface area contributed by atoms with E-state index in [1.54, 1.807) is 20.8 Å². The summed E-state index contributed by atoms with van der Waals surface area (Å²) in [5, 5.41) is 9.59. The number of imide groups is 1. The summed E-state index contributed by atoms with van der Waals surface area (Å²) in [6.07, 6.45) is 1.54. The van der Waals surface area contributed by atoms with Gasteiger partial charge in [0, 0.05) is 25.2 Å². The summed E-state index contributed by atoms with van der Waals surface area (Å²) in [6.45, 7) is 5.41. The maximum Gasteiger partial charge on any atom is 0.410 e. The number of likely N-dealkylation sites (tertiary alicyclic amines) is 1. The van der Waals surface area contributed by atoms with E-state index in [9.17, 15) is 24.3 Å². The number of aliphatic carboxylic acids is 1. The standard InChI is InChI=1S/C15H20N2O6/c1-14(2,3)23-13(22)16-8-6-15(7-9-16,12(20)21)17-10(18)4-5-11(17)19/h4-5H,6-9H2,1-3H3,(H,20,21). The third kappa shape index (κ3) is 3.20. The van der Waals surface area contributed by atoms with E-state index >= 15 is 0 Å². The first kappa shape index (κ1) is 17.0. The average molecular weight is 324 g/mol. The minimum Gasteiger partial charge on any atom is -0.479 e. The Morgan fingerprint density at radius 2 is 1.61 bits per heavy atom. The normalized spacial score (nSPS) is 20.8. The van der Waals surface area contributed by atoms with Crippen molar-refractivity contribution in [1.82, 2.24) is 9.80 Å². The van der Waals surface area contributed by atoms with Gasteiger partial charge in [0.15, 0.2) is 5.54 Å². The smallest absolute Gasteiger partial charge is 0.410 e. The number of carboxylic acids is 1. The number of nitrogens with zero attached hydrogens (tertiary/aromatic N) is 2. The molecule has 0 saturated carbocycles. The highest BCUT2D eigenvalue weighted by Gasteiger charge is 2.52. The molecule has 126 valence electrons. The van der Waals surface area contributed by atoms with E-state index in [2.05, 4.69) is 0 Å². The summed E-state index contributed by atoms with van der Waals surface area (Å²) in [5.74, 6) is -2.52. The van der Waals surface area contributed by atoms with E-state index in [0.29, 0.717) is 0 Å². The minimum atomic E-state index is -1.61. The molecule has 8 nitrogen and oxygen atoms in total. The lowest BCUT2D eigenvalue weighted by atomic mass is 9.85. The fraction of sp³-hybridized carbons (Fsp3) is 0.600. The lowest BCUT2D eigenvalue weighted by molar-refractivity contribution is -0.165. The summed E-state index contributed by atoms with van der Waals surface area (Å²) in [6, 6.07) is 0. The molecule has 8 heteroatoms. The monoisotopic (exact) mass is 324 g/mol. The second-order valence-corrected chi connectivity index (χ2v) is 6.65. The Kier molecular flexibility index (Phi) is 4.19. The summed E-state index contributed by atoms with van der Waals surface area (Å²) in [4.78, 5) is 49.7. The third-order valence-electron chi connectivity index (χ3n) is 3.88. The molecule has 0 aromatic heterocycles. The Hall–Kier alpha value is -2.38. The number of ether oxygens (including phenoxy) is 1. The molecule has 3 amide bonds. The van der Waals surface area contributed by atoms with E-state index in [4.69, 9.17) is 4.74 Å². The number of hydrogen-bond donors (Lipinski definition) is 1. The molecule has 1 fully saturated rings. The lowest BCUT2D eigenvalue weighted by Crippen LogP contribution is -2.62. The van der Waals surface area contributed by atoms with Gasteiger partial charge in [-0.05, 0) is 33.6 Å². The molecule has 0 aromatic carbocycles. The topological polar surface area (TPSA) is 104 Å². The molecule has 1 N–H and O–H groups in total. The fourth-order valence-electron chi connectivity index (χ4n) is 2.74. The molecular weight excluding hydrogens is 304 g/mol. The Bertz CT molecular complexity index is 563. The minimum absolute atomic E-state index is 0.0270. The maximum absolute atomic E-state index is 12.0. The Morgan fingerprint density at radius 1 is 1.13 bits per heavy atom. The number of amides is 3. The lowest BCUT2D eigenvalue weighted by Gasteiger charge is -2.43. The summed E-state index contributed by atoms with van der Waals surface area (Å²) < 4.78 is 5.25. The van der Waals surface area contributed by atoms with Crippen LogP contribution in [0.5, 0.6) is 0 Å². The molecule has 0 aromatic rings. The van der Waals surface area contributed by atoms with Crippen molar-refractivity contribution in [2.75, 3.05) is 13.1 Å². The van der Waals surface area contributed by atoms with Crippen molar-refractivity contribution in [3.05, 3.63) is 12.2 Å². The van der Waals surface area contributed by atoms with Gasteiger partial charge in [0.25, 0.3) is 11.8 Å². The molecule has 23 heavy (non-hydrogen) atoms. The van der Waals surface area contributed by atoms with E-state index in [0.717, 1.165) is 17.1 Å². The molecule has 1 saturated heterocycles. The predicted octanol–water partition coefficient (Wildman–Crippen LogP) is 0.766. The first-order valence-corrected chi connectivity index (χ1v) is 7.34. The van der Waals surface area contributed by atoms with Crippen LogP contribution < -0.4 is 0 Å². The zero-order valence-electron chi connectivity index (χ0n) is 13.4. The molecule has 0 spiro atoms. The van der Waals surface area contributed by atoms with E-state index in [1.165, 1.54) is 4.90 Å². The van der Waals surface area contributed by atoms with Crippen LogP contribution in [0.2, 0.25) is 0 Å². The molecule has 0 atom stereocenters. The van der Waals surface area contributed by atoms with Crippen LogP contribution in [0.15, 0.2) is 12.2 Å². The molecule has 2 aliphatic heterocycles. The van der Waals surface area contributed by atoms with Crippen LogP contribution >= 0.6 is 0 Å². The second-order valence-electron chi connectivity index (χ2n) is 6.65. The Morgan fingerprint density at radius 3 is 2.00 bits per heavy atom. The molecule has 2 aliphatic rings. The highest BCUT2D eigenvalue weighted by molar-refractivity contribution is 6.15. The van der Waals surface area contributed by atoms with Gasteiger partial charge >= 0.3 is 12.1 Å². The number of piperidine rings is 1. The molecule has 0 unspecified atom stereocenters.